The van der Waals surface area contributed by atoms with Gasteiger partial charge in [-0.2, -0.15) is 0 Å². The number of hydrogen-bond acceptors (Lipinski definition) is 5. The topological polar surface area (TPSA) is 92.8 Å². The number of nitrogens with zero attached hydrogens (tertiary/aromatic N) is 1. The lowest BCUT2D eigenvalue weighted by Crippen LogP contribution is -2.45. The van der Waals surface area contributed by atoms with Crippen LogP contribution in [0.1, 0.15) is 37.0 Å². The van der Waals surface area contributed by atoms with Crippen LogP contribution in [0.15, 0.2) is 24.3 Å². The molecule has 1 aromatic rings. The number of ether oxygens (including phenoxy) is 1. The number of piperidine rings is 1. The molecule has 0 bridgehead atoms. The highest BCUT2D eigenvalue weighted by atomic mass is 16.5. The van der Waals surface area contributed by atoms with Gasteiger partial charge in [-0.05, 0) is 51.0 Å². The smallest absolute Gasteiger partial charge is 0.313 e. The van der Waals surface area contributed by atoms with Crippen LogP contribution in [0, 0.1) is 5.92 Å². The van der Waals surface area contributed by atoms with Gasteiger partial charge >= 0.3 is 17.8 Å². The number of amides is 2. The van der Waals surface area contributed by atoms with E-state index in [0.29, 0.717) is 43.8 Å². The quantitative estimate of drug-likeness (QED) is 0.508. The molecule has 25 heavy (non-hydrogen) atoms. The Morgan fingerprint density at radius 3 is 2.24 bits per heavy atom. The fourth-order valence-electron chi connectivity index (χ4n) is 2.69. The van der Waals surface area contributed by atoms with Crippen molar-refractivity contribution in [3.8, 4) is 0 Å². The predicted octanol–water partition coefficient (Wildman–Crippen LogP) is 1.63. The van der Waals surface area contributed by atoms with Crippen LogP contribution in [0.2, 0.25) is 0 Å². The fourth-order valence-corrected chi connectivity index (χ4v) is 2.69. The molecule has 0 aromatic heterocycles. The number of rotatable bonds is 4. The average Bonchev–Trinajstić information content (AvgIpc) is 2.61. The van der Waals surface area contributed by atoms with Crippen LogP contribution < -0.4 is 5.32 Å². The second-order valence-corrected chi connectivity index (χ2v) is 5.91. The maximum Gasteiger partial charge on any atom is 0.313 e. The Labute approximate surface area is 146 Å². The number of benzene rings is 1. The molecule has 1 heterocycles. The molecule has 1 fully saturated rings. The molecule has 7 heteroatoms. The second-order valence-electron chi connectivity index (χ2n) is 5.91. The molecule has 0 unspecified atom stereocenters. The summed E-state index contributed by atoms with van der Waals surface area (Å²) in [5, 5.41) is 2.53. The third-order valence-electron chi connectivity index (χ3n) is 4.15. The minimum absolute atomic E-state index is 0.0709. The van der Waals surface area contributed by atoms with Gasteiger partial charge in [-0.1, -0.05) is 0 Å². The van der Waals surface area contributed by atoms with E-state index in [1.165, 1.54) is 11.8 Å². The Morgan fingerprint density at radius 1 is 1.12 bits per heavy atom. The molecular formula is C18H22N2O5. The standard InChI is InChI=1S/C18H22N2O5/c1-3-25-18(24)14-8-10-20(11-9-14)17(23)16(22)19-15-6-4-13(5-7-15)12(2)21/h4-7,14H,3,8-11H2,1-2H3,(H,19,22). The van der Waals surface area contributed by atoms with Crippen molar-refractivity contribution in [3.05, 3.63) is 29.8 Å². The van der Waals surface area contributed by atoms with Crippen molar-refractivity contribution in [2.75, 3.05) is 25.0 Å². The molecule has 0 spiro atoms. The number of anilines is 1. The van der Waals surface area contributed by atoms with Gasteiger partial charge in [0.25, 0.3) is 0 Å². The van der Waals surface area contributed by atoms with Crippen LogP contribution in [-0.2, 0) is 19.1 Å². The van der Waals surface area contributed by atoms with Crippen molar-refractivity contribution >= 4 is 29.3 Å². The van der Waals surface area contributed by atoms with Gasteiger partial charge in [-0.15, -0.1) is 0 Å². The monoisotopic (exact) mass is 346 g/mol. The van der Waals surface area contributed by atoms with Crippen LogP contribution >= 0.6 is 0 Å². The van der Waals surface area contributed by atoms with Crippen molar-refractivity contribution in [1.29, 1.82) is 0 Å². The fraction of sp³-hybridized carbons (Fsp3) is 0.444. The van der Waals surface area contributed by atoms with E-state index in [1.54, 1.807) is 31.2 Å². The zero-order chi connectivity index (χ0) is 18.4. The summed E-state index contributed by atoms with van der Waals surface area (Å²) < 4.78 is 4.98. The first-order valence-corrected chi connectivity index (χ1v) is 8.30. The van der Waals surface area contributed by atoms with Crippen LogP contribution in [-0.4, -0.2) is 48.2 Å². The summed E-state index contributed by atoms with van der Waals surface area (Å²) in [7, 11) is 0. The van der Waals surface area contributed by atoms with Crippen molar-refractivity contribution < 1.29 is 23.9 Å². The highest BCUT2D eigenvalue weighted by molar-refractivity contribution is 6.39. The summed E-state index contributed by atoms with van der Waals surface area (Å²) in [4.78, 5) is 48.7. The molecule has 1 aliphatic heterocycles. The number of Topliss-reactive ketones (excluding diaryl/α,β-unsaturated/α-hetero) is 1. The van der Waals surface area contributed by atoms with Crippen LogP contribution in [0.3, 0.4) is 0 Å². The maximum atomic E-state index is 12.2. The van der Waals surface area contributed by atoms with Crippen molar-refractivity contribution in [2.24, 2.45) is 5.92 Å². The normalized spacial score (nSPS) is 14.7. The maximum absolute atomic E-state index is 12.2. The molecule has 7 nitrogen and oxygen atoms in total. The number of likely N-dealkylation sites (tertiary alicyclic amines) is 1. The van der Waals surface area contributed by atoms with Gasteiger partial charge in [0.1, 0.15) is 0 Å². The number of ketones is 1. The van der Waals surface area contributed by atoms with E-state index in [2.05, 4.69) is 5.32 Å². The van der Waals surface area contributed by atoms with Gasteiger partial charge in [-0.25, -0.2) is 0 Å². The van der Waals surface area contributed by atoms with E-state index < -0.39 is 11.8 Å². The molecule has 0 aliphatic carbocycles. The lowest BCUT2D eigenvalue weighted by atomic mass is 9.97. The highest BCUT2D eigenvalue weighted by Gasteiger charge is 2.30. The summed E-state index contributed by atoms with van der Waals surface area (Å²) in [6, 6.07) is 6.34. The number of carbonyl (C=O) groups is 4. The first kappa shape index (κ1) is 18.6. The third-order valence-corrected chi connectivity index (χ3v) is 4.15. The molecule has 0 atom stereocenters. The van der Waals surface area contributed by atoms with Gasteiger partial charge in [0.05, 0.1) is 12.5 Å². The van der Waals surface area contributed by atoms with Crippen molar-refractivity contribution in [1.82, 2.24) is 4.90 Å². The zero-order valence-electron chi connectivity index (χ0n) is 14.4. The van der Waals surface area contributed by atoms with Crippen LogP contribution in [0.5, 0.6) is 0 Å². The van der Waals surface area contributed by atoms with Crippen molar-refractivity contribution in [2.45, 2.75) is 26.7 Å². The third kappa shape index (κ3) is 4.89. The number of carbonyl (C=O) groups excluding carboxylic acids is 4. The van der Waals surface area contributed by atoms with E-state index in [4.69, 9.17) is 4.74 Å². The van der Waals surface area contributed by atoms with E-state index in [-0.39, 0.29) is 17.7 Å². The molecular weight excluding hydrogens is 324 g/mol. The highest BCUT2D eigenvalue weighted by Crippen LogP contribution is 2.19. The van der Waals surface area contributed by atoms with Gasteiger partial charge in [0, 0.05) is 24.3 Å². The predicted molar refractivity (Wildman–Crippen MR) is 91.0 cm³/mol. The van der Waals surface area contributed by atoms with Gasteiger partial charge in [0.2, 0.25) is 0 Å². The minimum atomic E-state index is -0.731. The molecule has 1 aliphatic rings. The summed E-state index contributed by atoms with van der Waals surface area (Å²) in [6.45, 7) is 4.24. The molecule has 1 N–H and O–H groups in total. The molecule has 134 valence electrons. The first-order valence-electron chi connectivity index (χ1n) is 8.30. The van der Waals surface area contributed by atoms with Gasteiger partial charge in [0.15, 0.2) is 5.78 Å². The number of hydrogen-bond donors (Lipinski definition) is 1. The Bertz CT molecular complexity index is 661. The number of nitrogens with one attached hydrogen (secondary N) is 1. The molecule has 0 saturated carbocycles. The molecule has 1 aromatic carbocycles. The van der Waals surface area contributed by atoms with Gasteiger partial charge in [-0.3, -0.25) is 19.2 Å². The van der Waals surface area contributed by atoms with E-state index in [9.17, 15) is 19.2 Å². The van der Waals surface area contributed by atoms with Gasteiger partial charge < -0.3 is 15.0 Å². The Balaban J connectivity index is 1.87. The van der Waals surface area contributed by atoms with E-state index in [1.807, 2.05) is 0 Å². The Hall–Kier alpha value is -2.70. The van der Waals surface area contributed by atoms with Crippen LogP contribution in [0.4, 0.5) is 5.69 Å². The summed E-state index contributed by atoms with van der Waals surface area (Å²) >= 11 is 0. The zero-order valence-corrected chi connectivity index (χ0v) is 14.4. The lowest BCUT2D eigenvalue weighted by Gasteiger charge is -2.30. The van der Waals surface area contributed by atoms with E-state index in [0.717, 1.165) is 0 Å². The van der Waals surface area contributed by atoms with E-state index >= 15 is 0 Å². The Kier molecular flexibility index (Phi) is 6.27. The SMILES string of the molecule is CCOC(=O)C1CCN(C(=O)C(=O)Nc2ccc(C(C)=O)cc2)CC1. The Morgan fingerprint density at radius 2 is 1.72 bits per heavy atom. The summed E-state index contributed by atoms with van der Waals surface area (Å²) in [5.41, 5.74) is 0.982. The van der Waals surface area contributed by atoms with Crippen molar-refractivity contribution in [3.63, 3.8) is 0 Å². The lowest BCUT2D eigenvalue weighted by molar-refractivity contribution is -0.152. The summed E-state index contributed by atoms with van der Waals surface area (Å²) in [6.07, 6.45) is 0.982. The average molecular weight is 346 g/mol. The number of esters is 1. The first-order chi connectivity index (χ1) is 11.9. The summed E-state index contributed by atoms with van der Waals surface area (Å²) in [5.74, 6) is -1.89. The second kappa shape index (κ2) is 8.41. The minimum Gasteiger partial charge on any atom is -0.466 e. The van der Waals surface area contributed by atoms with Crippen LogP contribution in [0.25, 0.3) is 0 Å². The molecule has 1 saturated heterocycles. The molecule has 0 radical (unpaired) electrons. The molecule has 2 rings (SSSR count). The largest absolute Gasteiger partial charge is 0.466 e. The molecule has 2 amide bonds.